The molecule has 0 heterocycles. The molecule has 0 bridgehead atoms. The smallest absolute Gasteiger partial charge is 0.200 e. The molecule has 0 radical (unpaired) electrons. The molecular weight excluding hydrogens is 482 g/mol. The van der Waals surface area contributed by atoms with Gasteiger partial charge in [-0.2, -0.15) is 0 Å². The van der Waals surface area contributed by atoms with Gasteiger partial charge in [-0.15, -0.1) is 0 Å². The van der Waals surface area contributed by atoms with E-state index in [0.717, 1.165) is 0 Å². The minimum Gasteiger partial charge on any atom is -0.254 e. The Labute approximate surface area is 163 Å². The third kappa shape index (κ3) is 3.68. The third-order valence-electron chi connectivity index (χ3n) is 3.77. The van der Waals surface area contributed by atoms with Gasteiger partial charge in [-0.25, -0.2) is 52.3 Å². The highest BCUT2D eigenvalue weighted by atomic mass is 32.2. The molecule has 0 spiro atoms. The van der Waals surface area contributed by atoms with E-state index in [0.29, 0.717) is 6.92 Å². The lowest BCUT2D eigenvalue weighted by Crippen LogP contribution is -2.28. The van der Waals surface area contributed by atoms with E-state index in [9.17, 15) is 56.5 Å². The summed E-state index contributed by atoms with van der Waals surface area (Å²) < 4.78 is 170. The number of sulfone groups is 1. The van der Waals surface area contributed by atoms with E-state index in [1.165, 1.54) is 0 Å². The number of rotatable bonds is 5. The fourth-order valence-electron chi connectivity index (χ4n) is 2.21. The minimum absolute atomic E-state index is 0.511. The maximum atomic E-state index is 13.8. The topological polar surface area (TPSA) is 51.2 Å². The fraction of sp³-hybridized carbons (Fsp3) is 0.200. The first-order valence-electron chi connectivity index (χ1n) is 7.31. The Morgan fingerprint density at radius 2 is 0.933 bits per heavy atom. The molecule has 0 aliphatic rings. The zero-order valence-electron chi connectivity index (χ0n) is 14.1. The Morgan fingerprint density at radius 1 is 0.633 bits per heavy atom. The molecule has 2 aromatic carbocycles. The maximum absolute atomic E-state index is 13.8. The second-order valence-corrected chi connectivity index (χ2v) is 9.40. The molecule has 30 heavy (non-hydrogen) atoms. The summed E-state index contributed by atoms with van der Waals surface area (Å²) in [7, 11) is -8.81. The maximum Gasteiger partial charge on any atom is 0.200 e. The fourth-order valence-corrected chi connectivity index (χ4v) is 5.55. The van der Waals surface area contributed by atoms with E-state index in [4.69, 9.17) is 0 Å². The van der Waals surface area contributed by atoms with Crippen LogP contribution >= 0.6 is 0 Å². The third-order valence-corrected chi connectivity index (χ3v) is 7.75. The summed E-state index contributed by atoms with van der Waals surface area (Å²) in [5.74, 6) is -27.6. The number of benzene rings is 2. The normalized spacial score (nSPS) is 14.1. The molecule has 0 aliphatic carbocycles. The van der Waals surface area contributed by atoms with Gasteiger partial charge in [-0.3, -0.25) is 4.21 Å². The predicted molar refractivity (Wildman–Crippen MR) is 80.4 cm³/mol. The highest BCUT2D eigenvalue weighted by Gasteiger charge is 2.38. The number of hydrogen-bond donors (Lipinski definition) is 0. The summed E-state index contributed by atoms with van der Waals surface area (Å²) in [6.45, 7) is 0.511. The molecular formula is C15H6F10O3S2. The van der Waals surface area contributed by atoms with E-state index in [1.54, 1.807) is 0 Å². The Kier molecular flexibility index (Phi) is 6.57. The quantitative estimate of drug-likeness (QED) is 0.276. The van der Waals surface area contributed by atoms with Gasteiger partial charge >= 0.3 is 0 Å². The summed E-state index contributed by atoms with van der Waals surface area (Å²) in [6, 6.07) is 0. The van der Waals surface area contributed by atoms with Crippen molar-refractivity contribution in [2.75, 3.05) is 5.75 Å². The van der Waals surface area contributed by atoms with Gasteiger partial charge in [0.2, 0.25) is 11.6 Å². The van der Waals surface area contributed by atoms with Crippen molar-refractivity contribution in [1.29, 1.82) is 0 Å². The SMILES string of the molecule is C[C@H](CS(=O)c1c(F)c(F)c(F)c(F)c1F)S(=O)(=O)c1c(F)c(F)c(F)c(F)c1F. The van der Waals surface area contributed by atoms with Gasteiger partial charge in [0.05, 0.1) is 16.0 Å². The first kappa shape index (κ1) is 24.1. The van der Waals surface area contributed by atoms with Crippen molar-refractivity contribution in [1.82, 2.24) is 0 Å². The molecule has 2 aromatic rings. The van der Waals surface area contributed by atoms with Crippen molar-refractivity contribution in [3.63, 3.8) is 0 Å². The molecule has 2 atom stereocenters. The van der Waals surface area contributed by atoms with Gasteiger partial charge in [0, 0.05) is 5.75 Å². The Morgan fingerprint density at radius 3 is 1.30 bits per heavy atom. The van der Waals surface area contributed by atoms with Crippen LogP contribution in [0.5, 0.6) is 0 Å². The van der Waals surface area contributed by atoms with Crippen LogP contribution in [0, 0.1) is 58.2 Å². The summed E-state index contributed by atoms with van der Waals surface area (Å²) >= 11 is 0. The Hall–Kier alpha value is -2.16. The zero-order chi connectivity index (χ0) is 23.3. The van der Waals surface area contributed by atoms with E-state index in [1.807, 2.05) is 0 Å². The van der Waals surface area contributed by atoms with Gasteiger partial charge in [0.25, 0.3) is 0 Å². The van der Waals surface area contributed by atoms with Crippen molar-refractivity contribution in [3.05, 3.63) is 58.2 Å². The van der Waals surface area contributed by atoms with Crippen molar-refractivity contribution < 1.29 is 56.5 Å². The van der Waals surface area contributed by atoms with Gasteiger partial charge in [0.1, 0.15) is 9.79 Å². The van der Waals surface area contributed by atoms with Crippen LogP contribution in [0.1, 0.15) is 6.92 Å². The second-order valence-electron chi connectivity index (χ2n) is 5.67. The van der Waals surface area contributed by atoms with E-state index < -0.39 is 99.6 Å². The lowest BCUT2D eigenvalue weighted by molar-refractivity contribution is 0.357. The monoisotopic (exact) mass is 488 g/mol. The first-order chi connectivity index (χ1) is 13.7. The molecule has 0 N–H and O–H groups in total. The molecule has 15 heteroatoms. The highest BCUT2D eigenvalue weighted by molar-refractivity contribution is 7.93. The Balaban J connectivity index is 2.55. The lowest BCUT2D eigenvalue weighted by Gasteiger charge is -2.16. The minimum atomic E-state index is -5.52. The average Bonchev–Trinajstić information content (AvgIpc) is 2.67. The lowest BCUT2D eigenvalue weighted by atomic mass is 10.3. The molecule has 0 aromatic heterocycles. The van der Waals surface area contributed by atoms with E-state index in [2.05, 4.69) is 0 Å². The zero-order valence-corrected chi connectivity index (χ0v) is 15.7. The van der Waals surface area contributed by atoms with Crippen molar-refractivity contribution >= 4 is 20.6 Å². The molecule has 166 valence electrons. The summed E-state index contributed by atoms with van der Waals surface area (Å²) in [5.41, 5.74) is 0. The predicted octanol–water partition coefficient (Wildman–Crippen LogP) is 4.05. The molecule has 1 unspecified atom stereocenters. The molecule has 3 nitrogen and oxygen atoms in total. The van der Waals surface area contributed by atoms with Crippen molar-refractivity contribution in [2.45, 2.75) is 22.0 Å². The average molecular weight is 488 g/mol. The van der Waals surface area contributed by atoms with Crippen LogP contribution in [0.25, 0.3) is 0 Å². The van der Waals surface area contributed by atoms with Gasteiger partial charge < -0.3 is 0 Å². The molecule has 0 amide bonds. The van der Waals surface area contributed by atoms with Crippen LogP contribution in [-0.4, -0.2) is 23.6 Å². The van der Waals surface area contributed by atoms with E-state index >= 15 is 0 Å². The van der Waals surface area contributed by atoms with Crippen LogP contribution in [-0.2, 0) is 20.6 Å². The summed E-state index contributed by atoms with van der Waals surface area (Å²) in [4.78, 5) is -4.23. The molecule has 0 saturated heterocycles. The Bertz CT molecular complexity index is 1120. The van der Waals surface area contributed by atoms with Crippen molar-refractivity contribution in [2.24, 2.45) is 0 Å². The number of hydrogen-bond acceptors (Lipinski definition) is 3. The largest absolute Gasteiger partial charge is 0.254 e. The molecule has 0 saturated carbocycles. The summed E-state index contributed by atoms with van der Waals surface area (Å²) in [6.07, 6.45) is 0. The van der Waals surface area contributed by atoms with Gasteiger partial charge in [0.15, 0.2) is 56.4 Å². The highest BCUT2D eigenvalue weighted by Crippen LogP contribution is 2.31. The van der Waals surface area contributed by atoms with E-state index in [-0.39, 0.29) is 0 Å². The van der Waals surface area contributed by atoms with Crippen LogP contribution in [0.2, 0.25) is 0 Å². The molecule has 0 fully saturated rings. The van der Waals surface area contributed by atoms with Crippen LogP contribution in [0.15, 0.2) is 9.79 Å². The number of halogens is 10. The van der Waals surface area contributed by atoms with Crippen LogP contribution in [0.3, 0.4) is 0 Å². The second kappa shape index (κ2) is 8.17. The van der Waals surface area contributed by atoms with Gasteiger partial charge in [-0.1, -0.05) is 0 Å². The molecule has 2 rings (SSSR count). The standard InChI is InChI=1S/C15H6F10O3S2/c1-3(2-29(26)14-10(22)6(18)4(16)7(19)11(14)23)30(27,28)15-12(24)8(20)5(17)9(21)13(15)25/h3H,2H2,1H3/t3-,29?/m1/s1. The molecule has 0 aliphatic heterocycles. The van der Waals surface area contributed by atoms with Crippen molar-refractivity contribution in [3.8, 4) is 0 Å². The van der Waals surface area contributed by atoms with Gasteiger partial charge in [-0.05, 0) is 6.92 Å². The van der Waals surface area contributed by atoms with Crippen LogP contribution in [0.4, 0.5) is 43.9 Å². The first-order valence-corrected chi connectivity index (χ1v) is 10.2. The summed E-state index contributed by atoms with van der Waals surface area (Å²) in [5, 5.41) is -2.35. The van der Waals surface area contributed by atoms with Crippen LogP contribution < -0.4 is 0 Å².